The molecule has 112 valence electrons. The van der Waals surface area contributed by atoms with Gasteiger partial charge in [-0.1, -0.05) is 0 Å². The SMILES string of the molecule is Nc1ccc(-c2ncn(-c3ccc(OCF)cc3)n2)cc1F. The van der Waals surface area contributed by atoms with Crippen molar-refractivity contribution < 1.29 is 13.5 Å². The number of nitrogens with zero attached hydrogens (tertiary/aromatic N) is 3. The van der Waals surface area contributed by atoms with Crippen molar-refractivity contribution in [2.75, 3.05) is 12.6 Å². The van der Waals surface area contributed by atoms with Crippen LogP contribution in [0.25, 0.3) is 17.1 Å². The topological polar surface area (TPSA) is 66.0 Å². The van der Waals surface area contributed by atoms with E-state index in [1.54, 1.807) is 30.3 Å². The zero-order chi connectivity index (χ0) is 15.5. The molecule has 3 aromatic rings. The summed E-state index contributed by atoms with van der Waals surface area (Å²) < 4.78 is 31.8. The van der Waals surface area contributed by atoms with Crippen LogP contribution >= 0.6 is 0 Å². The van der Waals surface area contributed by atoms with Crippen LogP contribution in [-0.4, -0.2) is 21.6 Å². The summed E-state index contributed by atoms with van der Waals surface area (Å²) >= 11 is 0. The number of nitrogen functional groups attached to an aromatic ring is 1. The Morgan fingerprint density at radius 3 is 2.59 bits per heavy atom. The van der Waals surface area contributed by atoms with E-state index < -0.39 is 12.7 Å². The van der Waals surface area contributed by atoms with Crippen LogP contribution in [-0.2, 0) is 0 Å². The molecule has 0 amide bonds. The van der Waals surface area contributed by atoms with Gasteiger partial charge in [-0.2, -0.15) is 0 Å². The predicted octanol–water partition coefficient (Wildman–Crippen LogP) is 2.96. The van der Waals surface area contributed by atoms with Crippen molar-refractivity contribution in [2.45, 2.75) is 0 Å². The lowest BCUT2D eigenvalue weighted by Gasteiger charge is -2.03. The predicted molar refractivity (Wildman–Crippen MR) is 77.8 cm³/mol. The first-order valence-electron chi connectivity index (χ1n) is 6.43. The van der Waals surface area contributed by atoms with Gasteiger partial charge in [-0.15, -0.1) is 5.10 Å². The molecule has 0 aliphatic heterocycles. The van der Waals surface area contributed by atoms with Crippen molar-refractivity contribution in [3.8, 4) is 22.8 Å². The molecule has 3 rings (SSSR count). The number of halogens is 2. The first kappa shape index (κ1) is 14.0. The molecular weight excluding hydrogens is 290 g/mol. The Morgan fingerprint density at radius 1 is 1.14 bits per heavy atom. The van der Waals surface area contributed by atoms with Crippen LogP contribution in [0.4, 0.5) is 14.5 Å². The highest BCUT2D eigenvalue weighted by Crippen LogP contribution is 2.21. The molecule has 0 bridgehead atoms. The number of aromatic nitrogens is 3. The third kappa shape index (κ3) is 2.73. The second-order valence-corrected chi connectivity index (χ2v) is 4.50. The molecule has 1 aromatic heterocycles. The van der Waals surface area contributed by atoms with Crippen LogP contribution in [0.5, 0.6) is 5.75 Å². The van der Waals surface area contributed by atoms with Crippen molar-refractivity contribution in [2.24, 2.45) is 0 Å². The third-order valence-electron chi connectivity index (χ3n) is 3.07. The minimum atomic E-state index is -0.879. The smallest absolute Gasteiger partial charge is 0.228 e. The van der Waals surface area contributed by atoms with Crippen LogP contribution in [0.1, 0.15) is 0 Å². The molecule has 7 heteroatoms. The lowest BCUT2D eigenvalue weighted by molar-refractivity contribution is 0.192. The molecule has 0 spiro atoms. The maximum atomic E-state index is 13.5. The quantitative estimate of drug-likeness (QED) is 0.752. The summed E-state index contributed by atoms with van der Waals surface area (Å²) in [4.78, 5) is 4.15. The molecule has 0 saturated carbocycles. The number of ether oxygens (including phenoxy) is 1. The normalized spacial score (nSPS) is 10.6. The first-order chi connectivity index (χ1) is 10.7. The fourth-order valence-electron chi connectivity index (χ4n) is 1.94. The number of hydrogen-bond acceptors (Lipinski definition) is 4. The molecule has 2 N–H and O–H groups in total. The fourth-order valence-corrected chi connectivity index (χ4v) is 1.94. The van der Waals surface area contributed by atoms with Crippen molar-refractivity contribution in [1.82, 2.24) is 14.8 Å². The summed E-state index contributed by atoms with van der Waals surface area (Å²) in [5.41, 5.74) is 6.77. The molecule has 0 fully saturated rings. The Balaban J connectivity index is 1.88. The molecule has 0 radical (unpaired) electrons. The van der Waals surface area contributed by atoms with Gasteiger partial charge in [-0.25, -0.2) is 18.4 Å². The van der Waals surface area contributed by atoms with Gasteiger partial charge in [0.2, 0.25) is 6.86 Å². The van der Waals surface area contributed by atoms with E-state index in [0.717, 1.165) is 5.69 Å². The van der Waals surface area contributed by atoms with Crippen LogP contribution in [0.3, 0.4) is 0 Å². The molecule has 0 aliphatic rings. The summed E-state index contributed by atoms with van der Waals surface area (Å²) in [6.45, 7) is -0.879. The van der Waals surface area contributed by atoms with Crippen molar-refractivity contribution >= 4 is 5.69 Å². The summed E-state index contributed by atoms with van der Waals surface area (Å²) in [5, 5.41) is 4.28. The Kier molecular flexibility index (Phi) is 3.69. The molecule has 0 unspecified atom stereocenters. The van der Waals surface area contributed by atoms with E-state index in [4.69, 9.17) is 10.5 Å². The zero-order valence-electron chi connectivity index (χ0n) is 11.4. The van der Waals surface area contributed by atoms with E-state index in [0.29, 0.717) is 17.1 Å². The average Bonchev–Trinajstić information content (AvgIpc) is 3.01. The first-order valence-corrected chi connectivity index (χ1v) is 6.43. The molecule has 2 aromatic carbocycles. The molecule has 1 heterocycles. The van der Waals surface area contributed by atoms with Crippen molar-refractivity contribution in [3.63, 3.8) is 0 Å². The standard InChI is InChI=1S/C15H12F2N4O/c16-8-22-12-4-2-11(3-5-12)21-9-19-15(20-21)10-1-6-14(18)13(17)7-10/h1-7,9H,8,18H2. The highest BCUT2D eigenvalue weighted by Gasteiger charge is 2.08. The van der Waals surface area contributed by atoms with E-state index in [1.165, 1.54) is 23.1 Å². The second kappa shape index (κ2) is 5.80. The summed E-state index contributed by atoms with van der Waals surface area (Å²) in [7, 11) is 0. The average molecular weight is 302 g/mol. The van der Waals surface area contributed by atoms with Crippen molar-refractivity contribution in [1.29, 1.82) is 0 Å². The number of hydrogen-bond donors (Lipinski definition) is 1. The van der Waals surface area contributed by atoms with E-state index in [1.807, 2.05) is 0 Å². The molecule has 0 atom stereocenters. The van der Waals surface area contributed by atoms with Crippen LogP contribution < -0.4 is 10.5 Å². The highest BCUT2D eigenvalue weighted by molar-refractivity contribution is 5.59. The van der Waals surface area contributed by atoms with Crippen LogP contribution in [0, 0.1) is 5.82 Å². The van der Waals surface area contributed by atoms with Gasteiger partial charge < -0.3 is 10.5 Å². The van der Waals surface area contributed by atoms with Gasteiger partial charge in [0, 0.05) is 5.56 Å². The lowest BCUT2D eigenvalue weighted by Crippen LogP contribution is -1.96. The highest BCUT2D eigenvalue weighted by atomic mass is 19.1. The molecular formula is C15H12F2N4O. The van der Waals surface area contributed by atoms with Gasteiger partial charge in [0.1, 0.15) is 17.9 Å². The van der Waals surface area contributed by atoms with Gasteiger partial charge in [-0.3, -0.25) is 0 Å². The van der Waals surface area contributed by atoms with Crippen LogP contribution in [0.15, 0.2) is 48.8 Å². The van der Waals surface area contributed by atoms with Gasteiger partial charge >= 0.3 is 0 Å². The van der Waals surface area contributed by atoms with E-state index in [2.05, 4.69) is 10.1 Å². The fraction of sp³-hybridized carbons (Fsp3) is 0.0667. The van der Waals surface area contributed by atoms with Gasteiger partial charge in [0.05, 0.1) is 11.4 Å². The van der Waals surface area contributed by atoms with E-state index >= 15 is 0 Å². The van der Waals surface area contributed by atoms with Crippen molar-refractivity contribution in [3.05, 3.63) is 54.6 Å². The Hall–Kier alpha value is -2.96. The second-order valence-electron chi connectivity index (χ2n) is 4.50. The summed E-state index contributed by atoms with van der Waals surface area (Å²) in [6.07, 6.45) is 1.51. The van der Waals surface area contributed by atoms with E-state index in [-0.39, 0.29) is 5.69 Å². The number of rotatable bonds is 4. The Labute approximate surface area is 125 Å². The Bertz CT molecular complexity index is 786. The zero-order valence-corrected chi connectivity index (χ0v) is 11.4. The maximum Gasteiger partial charge on any atom is 0.228 e. The number of benzene rings is 2. The number of alkyl halides is 1. The van der Waals surface area contributed by atoms with Gasteiger partial charge in [0.15, 0.2) is 5.82 Å². The molecule has 0 saturated heterocycles. The Morgan fingerprint density at radius 2 is 1.91 bits per heavy atom. The number of anilines is 1. The third-order valence-corrected chi connectivity index (χ3v) is 3.07. The lowest BCUT2D eigenvalue weighted by atomic mass is 10.2. The maximum absolute atomic E-state index is 13.5. The molecule has 5 nitrogen and oxygen atoms in total. The summed E-state index contributed by atoms with van der Waals surface area (Å²) in [6, 6.07) is 11.1. The summed E-state index contributed by atoms with van der Waals surface area (Å²) in [5.74, 6) is 0.289. The van der Waals surface area contributed by atoms with Crippen LogP contribution in [0.2, 0.25) is 0 Å². The minimum Gasteiger partial charge on any atom is -0.463 e. The number of nitrogens with two attached hydrogens (primary N) is 1. The molecule has 0 aliphatic carbocycles. The monoisotopic (exact) mass is 302 g/mol. The van der Waals surface area contributed by atoms with E-state index in [9.17, 15) is 8.78 Å². The van der Waals surface area contributed by atoms with Gasteiger partial charge in [0.25, 0.3) is 0 Å². The molecule has 22 heavy (non-hydrogen) atoms. The largest absolute Gasteiger partial charge is 0.463 e. The minimum absolute atomic E-state index is 0.0756. The van der Waals surface area contributed by atoms with Gasteiger partial charge in [-0.05, 0) is 42.5 Å².